The van der Waals surface area contributed by atoms with Crippen molar-refractivity contribution in [3.05, 3.63) is 81.1 Å². The number of amides is 1. The average molecular weight is 493 g/mol. The van der Waals surface area contributed by atoms with Crippen molar-refractivity contribution in [1.82, 2.24) is 14.3 Å². The number of nitrogens with zero attached hydrogens (tertiary/aromatic N) is 3. The molecule has 1 aromatic carbocycles. The van der Waals surface area contributed by atoms with E-state index in [4.69, 9.17) is 17.0 Å². The number of hydrogen-bond acceptors (Lipinski definition) is 7. The zero-order valence-corrected chi connectivity index (χ0v) is 20.1. The smallest absolute Gasteiger partial charge is 0.267 e. The first-order chi connectivity index (χ1) is 16.6. The van der Waals surface area contributed by atoms with Crippen LogP contribution in [0.2, 0.25) is 0 Å². The number of carbonyl (C=O) groups excluding carboxylic acids is 1. The average Bonchev–Trinajstić information content (AvgIpc) is 3.47. The molecule has 174 valence electrons. The molecule has 0 spiro atoms. The monoisotopic (exact) mass is 492 g/mol. The molecule has 0 aliphatic carbocycles. The largest absolute Gasteiger partial charge is 0.376 e. The van der Waals surface area contributed by atoms with Crippen molar-refractivity contribution in [2.75, 3.05) is 25.0 Å². The molecule has 0 saturated carbocycles. The minimum absolute atomic E-state index is 0.0834. The molecule has 0 radical (unpaired) electrons. The summed E-state index contributed by atoms with van der Waals surface area (Å²) < 4.78 is 7.68. The lowest BCUT2D eigenvalue weighted by atomic mass is 10.1. The van der Waals surface area contributed by atoms with Gasteiger partial charge in [0.05, 0.1) is 16.6 Å². The van der Waals surface area contributed by atoms with Crippen LogP contribution >= 0.6 is 24.0 Å². The van der Waals surface area contributed by atoms with Crippen LogP contribution in [0.3, 0.4) is 0 Å². The van der Waals surface area contributed by atoms with E-state index >= 15 is 0 Å². The second-order valence-corrected chi connectivity index (χ2v) is 9.87. The number of anilines is 1. The van der Waals surface area contributed by atoms with Gasteiger partial charge in [0.25, 0.3) is 11.5 Å². The highest BCUT2D eigenvalue weighted by molar-refractivity contribution is 8.26. The van der Waals surface area contributed by atoms with Gasteiger partial charge in [-0.15, -0.1) is 0 Å². The number of thioether (sulfide) groups is 1. The van der Waals surface area contributed by atoms with Gasteiger partial charge in [-0.25, -0.2) is 4.98 Å². The summed E-state index contributed by atoms with van der Waals surface area (Å²) in [5, 5.41) is 3.29. The zero-order chi connectivity index (χ0) is 23.5. The van der Waals surface area contributed by atoms with Gasteiger partial charge in [0.15, 0.2) is 0 Å². The number of carbonyl (C=O) groups is 1. The molecule has 2 aromatic heterocycles. The number of hydrogen-bond donors (Lipinski definition) is 1. The number of pyridine rings is 1. The lowest BCUT2D eigenvalue weighted by molar-refractivity contribution is -0.122. The molecule has 4 heterocycles. The highest BCUT2D eigenvalue weighted by Crippen LogP contribution is 2.33. The van der Waals surface area contributed by atoms with Crippen LogP contribution in [0.1, 0.15) is 24.0 Å². The first-order valence-corrected chi connectivity index (χ1v) is 12.5. The SMILES string of the molecule is O=C1/C(=C/c2c(NC[C@@H]3CCCO3)nc3ccccn3c2=O)SC(=S)N1CCc1ccccc1. The molecule has 5 rings (SSSR count). The third-order valence-electron chi connectivity index (χ3n) is 5.91. The Morgan fingerprint density at radius 3 is 2.79 bits per heavy atom. The normalized spacial score (nSPS) is 19.5. The number of fused-ring (bicyclic) bond motifs is 1. The second-order valence-electron chi connectivity index (χ2n) is 8.19. The third-order valence-corrected chi connectivity index (χ3v) is 7.28. The number of rotatable bonds is 7. The molecule has 0 bridgehead atoms. The van der Waals surface area contributed by atoms with Gasteiger partial charge in [0, 0.05) is 25.9 Å². The third kappa shape index (κ3) is 4.77. The fraction of sp³-hybridized carbons (Fsp3) is 0.280. The number of nitrogens with one attached hydrogen (secondary N) is 1. The van der Waals surface area contributed by atoms with E-state index in [0.29, 0.717) is 45.8 Å². The quantitative estimate of drug-likeness (QED) is 0.398. The van der Waals surface area contributed by atoms with Crippen molar-refractivity contribution in [3.63, 3.8) is 0 Å². The number of ether oxygens (including phenoxy) is 1. The maximum Gasteiger partial charge on any atom is 0.267 e. The van der Waals surface area contributed by atoms with Crippen LogP contribution in [0.5, 0.6) is 0 Å². The molecule has 0 unspecified atom stereocenters. The van der Waals surface area contributed by atoms with Gasteiger partial charge < -0.3 is 10.1 Å². The lowest BCUT2D eigenvalue weighted by Crippen LogP contribution is -2.30. The molecule has 2 saturated heterocycles. The number of aromatic nitrogens is 2. The molecular formula is C25H24N4O3S2. The minimum atomic E-state index is -0.241. The van der Waals surface area contributed by atoms with E-state index in [9.17, 15) is 9.59 Å². The highest BCUT2D eigenvalue weighted by atomic mass is 32.2. The second kappa shape index (κ2) is 10.1. The van der Waals surface area contributed by atoms with Gasteiger partial charge in [-0.1, -0.05) is 60.4 Å². The van der Waals surface area contributed by atoms with E-state index in [0.717, 1.165) is 25.0 Å². The van der Waals surface area contributed by atoms with E-state index in [1.54, 1.807) is 29.3 Å². The summed E-state index contributed by atoms with van der Waals surface area (Å²) in [5.41, 5.74) is 1.77. The molecule has 9 heteroatoms. The molecule has 3 aromatic rings. The fourth-order valence-electron chi connectivity index (χ4n) is 4.09. The Bertz CT molecular complexity index is 1320. The summed E-state index contributed by atoms with van der Waals surface area (Å²) in [4.78, 5) is 33.2. The number of benzene rings is 1. The van der Waals surface area contributed by atoms with Crippen LogP contribution in [-0.2, 0) is 16.0 Å². The number of thiocarbonyl (C=S) groups is 1. The first kappa shape index (κ1) is 22.8. The first-order valence-electron chi connectivity index (χ1n) is 11.3. The Morgan fingerprint density at radius 2 is 2.00 bits per heavy atom. The molecule has 34 heavy (non-hydrogen) atoms. The van der Waals surface area contributed by atoms with Gasteiger partial charge in [0.1, 0.15) is 15.8 Å². The van der Waals surface area contributed by atoms with Crippen LogP contribution < -0.4 is 10.9 Å². The predicted molar refractivity (Wildman–Crippen MR) is 139 cm³/mol. The molecule has 2 aliphatic rings. The van der Waals surface area contributed by atoms with Crippen molar-refractivity contribution in [2.24, 2.45) is 0 Å². The minimum Gasteiger partial charge on any atom is -0.376 e. The summed E-state index contributed by atoms with van der Waals surface area (Å²) in [7, 11) is 0. The van der Waals surface area contributed by atoms with Crippen LogP contribution in [-0.4, -0.2) is 50.3 Å². The Morgan fingerprint density at radius 1 is 1.18 bits per heavy atom. The van der Waals surface area contributed by atoms with Gasteiger partial charge in [-0.2, -0.15) is 0 Å². The molecule has 1 atom stereocenters. The molecule has 7 nitrogen and oxygen atoms in total. The van der Waals surface area contributed by atoms with Crippen LogP contribution in [0.15, 0.2) is 64.4 Å². The highest BCUT2D eigenvalue weighted by Gasteiger charge is 2.32. The summed E-state index contributed by atoms with van der Waals surface area (Å²) in [6, 6.07) is 15.4. The Kier molecular flexibility index (Phi) is 6.75. The molecular weight excluding hydrogens is 468 g/mol. The Balaban J connectivity index is 1.44. The van der Waals surface area contributed by atoms with Crippen LogP contribution in [0.25, 0.3) is 11.7 Å². The lowest BCUT2D eigenvalue weighted by Gasteiger charge is -2.15. The maximum absolute atomic E-state index is 13.4. The van der Waals surface area contributed by atoms with E-state index < -0.39 is 0 Å². The van der Waals surface area contributed by atoms with Crippen molar-refractivity contribution >= 4 is 51.7 Å². The van der Waals surface area contributed by atoms with Gasteiger partial charge in [0.2, 0.25) is 0 Å². The molecule has 1 N–H and O–H groups in total. The standard InChI is InChI=1S/C25H24N4O3S2/c30-23-19(15-20-24(31)29(25(33)34-20)13-11-17-7-2-1-3-8-17)22(26-16-18-9-6-14-32-18)27-21-10-4-5-12-28(21)23/h1-5,7-8,10,12,15,18,26H,6,9,11,13-14,16H2/b20-15-/t18-/m0/s1. The van der Waals surface area contributed by atoms with Crippen molar-refractivity contribution < 1.29 is 9.53 Å². The molecule has 1 amide bonds. The Hall–Kier alpha value is -3.01. The van der Waals surface area contributed by atoms with E-state index in [-0.39, 0.29) is 17.6 Å². The topological polar surface area (TPSA) is 75.9 Å². The van der Waals surface area contributed by atoms with Gasteiger partial charge in [-0.05, 0) is 43.0 Å². The molecule has 2 fully saturated rings. The summed E-state index contributed by atoms with van der Waals surface area (Å²) in [6.45, 7) is 1.79. The fourth-order valence-corrected chi connectivity index (χ4v) is 5.38. The zero-order valence-electron chi connectivity index (χ0n) is 18.5. The Labute approximate surface area is 206 Å². The van der Waals surface area contributed by atoms with Crippen LogP contribution in [0, 0.1) is 0 Å². The summed E-state index contributed by atoms with van der Waals surface area (Å²) in [5.74, 6) is 0.259. The summed E-state index contributed by atoms with van der Waals surface area (Å²) >= 11 is 6.71. The predicted octanol–water partition coefficient (Wildman–Crippen LogP) is 3.73. The van der Waals surface area contributed by atoms with Crippen LogP contribution in [0.4, 0.5) is 5.82 Å². The summed E-state index contributed by atoms with van der Waals surface area (Å²) in [6.07, 6.45) is 6.08. The maximum atomic E-state index is 13.4. The van der Waals surface area contributed by atoms with Gasteiger partial charge >= 0.3 is 0 Å². The van der Waals surface area contributed by atoms with Crippen molar-refractivity contribution in [3.8, 4) is 0 Å². The van der Waals surface area contributed by atoms with Gasteiger partial charge in [-0.3, -0.25) is 18.9 Å². The van der Waals surface area contributed by atoms with E-state index in [2.05, 4.69) is 10.3 Å². The van der Waals surface area contributed by atoms with Crippen molar-refractivity contribution in [2.45, 2.75) is 25.4 Å². The van der Waals surface area contributed by atoms with E-state index in [1.807, 2.05) is 36.4 Å². The molecule has 2 aliphatic heterocycles. The van der Waals surface area contributed by atoms with Crippen molar-refractivity contribution in [1.29, 1.82) is 0 Å². The van der Waals surface area contributed by atoms with E-state index in [1.165, 1.54) is 16.2 Å².